The Hall–Kier alpha value is -0.600. The summed E-state index contributed by atoms with van der Waals surface area (Å²) in [4.78, 5) is 0. The van der Waals surface area contributed by atoms with Crippen LogP contribution < -0.4 is 0 Å². The molecule has 0 radical (unpaired) electrons. The van der Waals surface area contributed by atoms with Crippen molar-refractivity contribution >= 4 is 0 Å². The first-order valence-electron chi connectivity index (χ1n) is 13.2. The van der Waals surface area contributed by atoms with Gasteiger partial charge >= 0.3 is 0 Å². The molecule has 0 aromatic heterocycles. The fraction of sp³-hybridized carbons (Fsp3) is 0.862. The van der Waals surface area contributed by atoms with E-state index in [9.17, 15) is 10.2 Å². The van der Waals surface area contributed by atoms with E-state index < -0.39 is 0 Å². The van der Waals surface area contributed by atoms with Crippen molar-refractivity contribution in [3.05, 3.63) is 23.8 Å². The van der Waals surface area contributed by atoms with E-state index >= 15 is 0 Å². The lowest BCUT2D eigenvalue weighted by Gasteiger charge is -2.65. The average molecular weight is 429 g/mol. The van der Waals surface area contributed by atoms with Crippen LogP contribution in [0.4, 0.5) is 0 Å². The van der Waals surface area contributed by atoms with Gasteiger partial charge in [-0.2, -0.15) is 0 Å². The molecule has 0 aromatic rings. The minimum Gasteiger partial charge on any atom is -0.393 e. The summed E-state index contributed by atoms with van der Waals surface area (Å²) in [6, 6.07) is 0. The van der Waals surface area contributed by atoms with Crippen molar-refractivity contribution in [1.29, 1.82) is 0 Å². The number of aliphatic hydroxyl groups is 2. The predicted octanol–water partition coefficient (Wildman–Crippen LogP) is 6.77. The highest BCUT2D eigenvalue weighted by molar-refractivity contribution is 5.35. The molecule has 0 spiro atoms. The molecule has 10 atom stereocenters. The molecule has 2 heteroatoms. The smallest absolute Gasteiger partial charge is 0.0641 e. The van der Waals surface area contributed by atoms with Gasteiger partial charge in [0.15, 0.2) is 0 Å². The molecule has 4 aliphatic carbocycles. The molecule has 176 valence electrons. The first-order valence-corrected chi connectivity index (χ1v) is 13.2. The minimum absolute atomic E-state index is 0.105. The van der Waals surface area contributed by atoms with Crippen LogP contribution in [-0.2, 0) is 0 Å². The molecule has 0 amide bonds. The van der Waals surface area contributed by atoms with E-state index in [1.807, 2.05) is 0 Å². The van der Waals surface area contributed by atoms with E-state index in [1.54, 1.807) is 5.57 Å². The highest BCUT2D eigenvalue weighted by atomic mass is 16.3. The Morgan fingerprint density at radius 2 is 1.71 bits per heavy atom. The van der Waals surface area contributed by atoms with Gasteiger partial charge in [0.2, 0.25) is 0 Å². The standard InChI is InChI=1S/C29H48O2/c1-18(2)19(3)8-9-20(4)23-12-13-24-25-11-10-21-16-22(30)14-15-28(21,6)29(25,7)26(31)17-27(23,24)5/h8-9,11,18-24,26,30-31H,10,12-17H2,1-7H3/b9-8+/t19-,20+,21-,22+,23-,24+,26+,27-,28-,29+/m0/s1. The second kappa shape index (κ2) is 8.01. The van der Waals surface area contributed by atoms with E-state index in [0.717, 1.165) is 32.1 Å². The summed E-state index contributed by atoms with van der Waals surface area (Å²) in [7, 11) is 0. The summed E-state index contributed by atoms with van der Waals surface area (Å²) in [5.41, 5.74) is 1.74. The van der Waals surface area contributed by atoms with Gasteiger partial charge in [0.05, 0.1) is 12.2 Å². The van der Waals surface area contributed by atoms with Crippen molar-refractivity contribution in [1.82, 2.24) is 0 Å². The lowest BCUT2D eigenvalue weighted by atomic mass is 9.40. The highest BCUT2D eigenvalue weighted by Gasteiger charge is 2.66. The molecule has 3 fully saturated rings. The Balaban J connectivity index is 1.64. The number of rotatable bonds is 4. The van der Waals surface area contributed by atoms with Gasteiger partial charge in [-0.25, -0.2) is 0 Å². The molecule has 0 unspecified atom stereocenters. The Morgan fingerprint density at radius 1 is 1.00 bits per heavy atom. The predicted molar refractivity (Wildman–Crippen MR) is 130 cm³/mol. The van der Waals surface area contributed by atoms with Gasteiger partial charge in [-0.1, -0.05) is 72.3 Å². The van der Waals surface area contributed by atoms with Crippen LogP contribution in [0.15, 0.2) is 23.8 Å². The first-order chi connectivity index (χ1) is 14.4. The van der Waals surface area contributed by atoms with Gasteiger partial charge in [0.1, 0.15) is 0 Å². The molecule has 0 heterocycles. The van der Waals surface area contributed by atoms with E-state index in [1.165, 1.54) is 12.8 Å². The van der Waals surface area contributed by atoms with E-state index in [2.05, 4.69) is 66.7 Å². The minimum atomic E-state index is -0.283. The van der Waals surface area contributed by atoms with Gasteiger partial charge in [0, 0.05) is 5.41 Å². The van der Waals surface area contributed by atoms with Crippen LogP contribution in [0.2, 0.25) is 0 Å². The van der Waals surface area contributed by atoms with Crippen LogP contribution in [0.1, 0.15) is 93.4 Å². The van der Waals surface area contributed by atoms with E-state index in [4.69, 9.17) is 0 Å². The summed E-state index contributed by atoms with van der Waals surface area (Å²) in [5.74, 6) is 3.61. The molecule has 0 saturated heterocycles. The van der Waals surface area contributed by atoms with Crippen LogP contribution >= 0.6 is 0 Å². The Labute approximate surface area is 191 Å². The summed E-state index contributed by atoms with van der Waals surface area (Å²) in [6.45, 7) is 16.7. The Morgan fingerprint density at radius 3 is 2.39 bits per heavy atom. The molecule has 0 bridgehead atoms. The summed E-state index contributed by atoms with van der Waals surface area (Å²) in [6.07, 6.45) is 14.4. The first kappa shape index (κ1) is 23.6. The quantitative estimate of drug-likeness (QED) is 0.485. The van der Waals surface area contributed by atoms with Crippen LogP contribution in [-0.4, -0.2) is 22.4 Å². The number of fused-ring (bicyclic) bond motifs is 5. The fourth-order valence-electron chi connectivity index (χ4n) is 8.56. The summed E-state index contributed by atoms with van der Waals surface area (Å²) in [5, 5.41) is 22.1. The maximum Gasteiger partial charge on any atom is 0.0641 e. The molecule has 4 rings (SSSR count). The molecule has 2 nitrogen and oxygen atoms in total. The topological polar surface area (TPSA) is 40.5 Å². The molecule has 4 aliphatic rings. The van der Waals surface area contributed by atoms with E-state index in [0.29, 0.717) is 35.5 Å². The van der Waals surface area contributed by atoms with Gasteiger partial charge in [-0.15, -0.1) is 0 Å². The fourth-order valence-corrected chi connectivity index (χ4v) is 8.56. The largest absolute Gasteiger partial charge is 0.393 e. The molecule has 31 heavy (non-hydrogen) atoms. The summed E-state index contributed by atoms with van der Waals surface area (Å²) < 4.78 is 0. The van der Waals surface area contributed by atoms with Crippen molar-refractivity contribution in [2.75, 3.05) is 0 Å². The van der Waals surface area contributed by atoms with Crippen molar-refractivity contribution in [2.24, 2.45) is 51.8 Å². The number of hydrogen-bond donors (Lipinski definition) is 2. The van der Waals surface area contributed by atoms with Crippen LogP contribution in [0.3, 0.4) is 0 Å². The average Bonchev–Trinajstić information content (AvgIpc) is 3.04. The molecule has 2 N–H and O–H groups in total. The normalized spacial score (nSPS) is 49.4. The number of aliphatic hydroxyl groups excluding tert-OH is 2. The monoisotopic (exact) mass is 428 g/mol. The lowest BCUT2D eigenvalue weighted by Crippen LogP contribution is -2.61. The third kappa shape index (κ3) is 3.41. The highest BCUT2D eigenvalue weighted by Crippen LogP contribution is 2.71. The van der Waals surface area contributed by atoms with Crippen molar-refractivity contribution in [3.63, 3.8) is 0 Å². The number of allylic oxidation sites excluding steroid dienone is 3. The Bertz CT molecular complexity index is 737. The lowest BCUT2D eigenvalue weighted by molar-refractivity contribution is -0.151. The number of hydrogen-bond acceptors (Lipinski definition) is 2. The maximum atomic E-state index is 11.8. The maximum absolute atomic E-state index is 11.8. The second-order valence-electron chi connectivity index (χ2n) is 12.9. The third-order valence-electron chi connectivity index (χ3n) is 11.4. The van der Waals surface area contributed by atoms with Crippen LogP contribution in [0, 0.1) is 51.8 Å². The van der Waals surface area contributed by atoms with Gasteiger partial charge in [-0.05, 0) is 91.3 Å². The zero-order valence-electron chi connectivity index (χ0n) is 21.2. The van der Waals surface area contributed by atoms with Crippen molar-refractivity contribution in [3.8, 4) is 0 Å². The third-order valence-corrected chi connectivity index (χ3v) is 11.4. The van der Waals surface area contributed by atoms with Crippen molar-refractivity contribution in [2.45, 2.75) is 106 Å². The van der Waals surface area contributed by atoms with Crippen LogP contribution in [0.5, 0.6) is 0 Å². The van der Waals surface area contributed by atoms with E-state index in [-0.39, 0.29) is 28.5 Å². The van der Waals surface area contributed by atoms with Gasteiger partial charge in [-0.3, -0.25) is 0 Å². The molecular formula is C29H48O2. The SMILES string of the molecule is CC(C)[C@@H](C)/C=C/[C@@H](C)[C@@H]1CC[C@@H]2C3=CC[C@H]4C[C@H](O)CC[C@]4(C)[C@@]3(C)[C@H](O)C[C@]21C. The Kier molecular flexibility index (Phi) is 6.09. The summed E-state index contributed by atoms with van der Waals surface area (Å²) >= 11 is 0. The van der Waals surface area contributed by atoms with Crippen molar-refractivity contribution < 1.29 is 10.2 Å². The van der Waals surface area contributed by atoms with Gasteiger partial charge < -0.3 is 10.2 Å². The molecule has 0 aliphatic heterocycles. The van der Waals surface area contributed by atoms with Crippen LogP contribution in [0.25, 0.3) is 0 Å². The molecular weight excluding hydrogens is 380 g/mol. The zero-order chi connectivity index (χ0) is 22.8. The molecule has 3 saturated carbocycles. The second-order valence-corrected chi connectivity index (χ2v) is 12.9. The molecule has 0 aromatic carbocycles. The zero-order valence-corrected chi connectivity index (χ0v) is 21.2. The van der Waals surface area contributed by atoms with Gasteiger partial charge in [0.25, 0.3) is 0 Å².